The normalized spacial score (nSPS) is 15.1. The van der Waals surface area contributed by atoms with Gasteiger partial charge >= 0.3 is 0 Å². The number of ether oxygens (including phenoxy) is 1. The Morgan fingerprint density at radius 3 is 2.08 bits per heavy atom. The summed E-state index contributed by atoms with van der Waals surface area (Å²) in [6.45, 7) is 4.15. The van der Waals surface area contributed by atoms with Gasteiger partial charge in [-0.25, -0.2) is 0 Å². The highest BCUT2D eigenvalue weighted by atomic mass is 16.5. The smallest absolute Gasteiger partial charge is 0.118 e. The van der Waals surface area contributed by atoms with E-state index in [0.717, 1.165) is 5.75 Å². The van der Waals surface area contributed by atoms with Crippen LogP contribution >= 0.6 is 0 Å². The summed E-state index contributed by atoms with van der Waals surface area (Å²) >= 11 is 0. The van der Waals surface area contributed by atoms with Crippen LogP contribution in [0.4, 0.5) is 0 Å². The van der Waals surface area contributed by atoms with Crippen LogP contribution in [-0.4, -0.2) is 13.2 Å². The zero-order valence-electron chi connectivity index (χ0n) is 8.45. The topological polar surface area (TPSA) is 35.2 Å². The van der Waals surface area contributed by atoms with Gasteiger partial charge in [0.1, 0.15) is 5.75 Å². The lowest BCUT2D eigenvalue weighted by Crippen LogP contribution is -2.22. The Morgan fingerprint density at radius 2 is 1.69 bits per heavy atom. The molecule has 0 aliphatic rings. The summed E-state index contributed by atoms with van der Waals surface area (Å²) in [5.41, 5.74) is 7.07. The maximum atomic E-state index is 5.81. The van der Waals surface area contributed by atoms with E-state index in [9.17, 15) is 0 Å². The highest BCUT2D eigenvalue weighted by Crippen LogP contribution is 2.20. The van der Waals surface area contributed by atoms with Crippen LogP contribution in [0, 0.1) is 0 Å². The number of methoxy groups -OCH3 is 1. The molecule has 0 aliphatic carbocycles. The van der Waals surface area contributed by atoms with Gasteiger partial charge in [-0.2, -0.15) is 0 Å². The number of rotatable bonds is 3. The molecule has 0 aromatic heterocycles. The SMILES string of the molecule is COc1ccc(C(C)C(C)N)cc1. The minimum absolute atomic E-state index is 0.188. The standard InChI is InChI=1S/C11H17NO/c1-8(9(2)12)10-4-6-11(13-3)7-5-10/h4-9H,12H2,1-3H3. The lowest BCUT2D eigenvalue weighted by molar-refractivity contribution is 0.414. The van der Waals surface area contributed by atoms with Crippen LogP contribution in [0.15, 0.2) is 24.3 Å². The van der Waals surface area contributed by atoms with Gasteiger partial charge in [-0.15, -0.1) is 0 Å². The summed E-state index contributed by atoms with van der Waals surface area (Å²) in [6.07, 6.45) is 0. The highest BCUT2D eigenvalue weighted by molar-refractivity contribution is 5.29. The van der Waals surface area contributed by atoms with Crippen molar-refractivity contribution >= 4 is 0 Å². The maximum absolute atomic E-state index is 5.81. The third kappa shape index (κ3) is 2.46. The molecule has 0 fully saturated rings. The third-order valence-electron chi connectivity index (χ3n) is 2.43. The Bertz CT molecular complexity index is 253. The first-order chi connectivity index (χ1) is 6.15. The fraction of sp³-hybridized carbons (Fsp3) is 0.455. The van der Waals surface area contributed by atoms with Crippen molar-refractivity contribution in [1.82, 2.24) is 0 Å². The molecule has 0 saturated carbocycles. The molecular formula is C11H17NO. The van der Waals surface area contributed by atoms with Crippen molar-refractivity contribution in [3.8, 4) is 5.75 Å². The van der Waals surface area contributed by atoms with Crippen molar-refractivity contribution in [2.75, 3.05) is 7.11 Å². The Kier molecular flexibility index (Phi) is 3.32. The van der Waals surface area contributed by atoms with Crippen LogP contribution in [0.2, 0.25) is 0 Å². The van der Waals surface area contributed by atoms with Gasteiger partial charge < -0.3 is 10.5 Å². The molecule has 72 valence electrons. The predicted octanol–water partition coefficient (Wildman–Crippen LogP) is 2.15. The van der Waals surface area contributed by atoms with E-state index in [1.165, 1.54) is 5.56 Å². The lowest BCUT2D eigenvalue weighted by Gasteiger charge is -2.15. The molecule has 2 nitrogen and oxygen atoms in total. The van der Waals surface area contributed by atoms with Crippen molar-refractivity contribution in [2.24, 2.45) is 5.73 Å². The second-order valence-electron chi connectivity index (χ2n) is 3.42. The Hall–Kier alpha value is -1.02. The van der Waals surface area contributed by atoms with E-state index in [1.54, 1.807) is 7.11 Å². The fourth-order valence-corrected chi connectivity index (χ4v) is 1.21. The summed E-state index contributed by atoms with van der Waals surface area (Å²) < 4.78 is 5.08. The molecule has 2 atom stereocenters. The first kappa shape index (κ1) is 10.1. The van der Waals surface area contributed by atoms with Gasteiger partial charge in [0.2, 0.25) is 0 Å². The van der Waals surface area contributed by atoms with Crippen LogP contribution < -0.4 is 10.5 Å². The van der Waals surface area contributed by atoms with E-state index in [1.807, 2.05) is 19.1 Å². The Labute approximate surface area is 79.7 Å². The van der Waals surface area contributed by atoms with Crippen LogP contribution in [0.5, 0.6) is 5.75 Å². The van der Waals surface area contributed by atoms with Gasteiger partial charge in [-0.1, -0.05) is 19.1 Å². The summed E-state index contributed by atoms with van der Waals surface area (Å²) in [6, 6.07) is 8.25. The largest absolute Gasteiger partial charge is 0.497 e. The van der Waals surface area contributed by atoms with Crippen molar-refractivity contribution in [3.05, 3.63) is 29.8 Å². The van der Waals surface area contributed by atoms with Gasteiger partial charge in [0.25, 0.3) is 0 Å². The second kappa shape index (κ2) is 4.28. The zero-order valence-corrected chi connectivity index (χ0v) is 8.45. The summed E-state index contributed by atoms with van der Waals surface area (Å²) in [5.74, 6) is 1.28. The minimum Gasteiger partial charge on any atom is -0.497 e. The molecule has 2 N–H and O–H groups in total. The van der Waals surface area contributed by atoms with E-state index in [4.69, 9.17) is 10.5 Å². The average Bonchev–Trinajstić information content (AvgIpc) is 2.17. The molecule has 0 spiro atoms. The van der Waals surface area contributed by atoms with Crippen LogP contribution in [-0.2, 0) is 0 Å². The minimum atomic E-state index is 0.188. The van der Waals surface area contributed by atoms with Crippen LogP contribution in [0.3, 0.4) is 0 Å². The molecule has 0 bridgehead atoms. The van der Waals surface area contributed by atoms with Gasteiger partial charge in [-0.3, -0.25) is 0 Å². The molecule has 1 aromatic carbocycles. The summed E-state index contributed by atoms with van der Waals surface area (Å²) in [4.78, 5) is 0. The van der Waals surface area contributed by atoms with E-state index in [2.05, 4.69) is 19.1 Å². The highest BCUT2D eigenvalue weighted by Gasteiger charge is 2.09. The fourth-order valence-electron chi connectivity index (χ4n) is 1.21. The van der Waals surface area contributed by atoms with E-state index in [0.29, 0.717) is 5.92 Å². The summed E-state index contributed by atoms with van der Waals surface area (Å²) in [7, 11) is 1.67. The third-order valence-corrected chi connectivity index (χ3v) is 2.43. The van der Waals surface area contributed by atoms with Crippen LogP contribution in [0.1, 0.15) is 25.3 Å². The van der Waals surface area contributed by atoms with E-state index < -0.39 is 0 Å². The Morgan fingerprint density at radius 1 is 1.15 bits per heavy atom. The molecule has 0 heterocycles. The number of hydrogen-bond donors (Lipinski definition) is 1. The molecule has 2 unspecified atom stereocenters. The number of benzene rings is 1. The first-order valence-electron chi connectivity index (χ1n) is 4.54. The quantitative estimate of drug-likeness (QED) is 0.771. The second-order valence-corrected chi connectivity index (χ2v) is 3.42. The molecule has 0 radical (unpaired) electrons. The van der Waals surface area contributed by atoms with E-state index >= 15 is 0 Å². The maximum Gasteiger partial charge on any atom is 0.118 e. The van der Waals surface area contributed by atoms with Gasteiger partial charge in [0.05, 0.1) is 7.11 Å². The van der Waals surface area contributed by atoms with Gasteiger partial charge in [-0.05, 0) is 30.5 Å². The molecule has 0 aliphatic heterocycles. The monoisotopic (exact) mass is 179 g/mol. The molecule has 0 amide bonds. The summed E-state index contributed by atoms with van der Waals surface area (Å²) in [5, 5.41) is 0. The zero-order chi connectivity index (χ0) is 9.84. The number of hydrogen-bond acceptors (Lipinski definition) is 2. The molecule has 13 heavy (non-hydrogen) atoms. The van der Waals surface area contributed by atoms with Crippen molar-refractivity contribution < 1.29 is 4.74 Å². The molecule has 0 saturated heterocycles. The Balaban J connectivity index is 2.79. The van der Waals surface area contributed by atoms with E-state index in [-0.39, 0.29) is 6.04 Å². The predicted molar refractivity (Wildman–Crippen MR) is 55.1 cm³/mol. The van der Waals surface area contributed by atoms with Crippen molar-refractivity contribution in [3.63, 3.8) is 0 Å². The molecule has 2 heteroatoms. The molecular weight excluding hydrogens is 162 g/mol. The van der Waals surface area contributed by atoms with Crippen molar-refractivity contribution in [2.45, 2.75) is 25.8 Å². The van der Waals surface area contributed by atoms with Crippen LogP contribution in [0.25, 0.3) is 0 Å². The van der Waals surface area contributed by atoms with Gasteiger partial charge in [0, 0.05) is 6.04 Å². The molecule has 1 rings (SSSR count). The van der Waals surface area contributed by atoms with Crippen molar-refractivity contribution in [1.29, 1.82) is 0 Å². The first-order valence-corrected chi connectivity index (χ1v) is 4.54. The number of nitrogens with two attached hydrogens (primary N) is 1. The lowest BCUT2D eigenvalue weighted by atomic mass is 9.95. The average molecular weight is 179 g/mol. The molecule has 1 aromatic rings. The van der Waals surface area contributed by atoms with Gasteiger partial charge in [0.15, 0.2) is 0 Å².